The van der Waals surface area contributed by atoms with E-state index in [0.717, 1.165) is 37.5 Å². The average molecular weight is 339 g/mol. The maximum Gasteiger partial charge on any atom is 0.254 e. The molecule has 0 spiro atoms. The number of carbonyl (C=O) groups excluding carboxylic acids is 1. The normalized spacial score (nSPS) is 17.2. The summed E-state index contributed by atoms with van der Waals surface area (Å²) in [5.41, 5.74) is 1.97. The second-order valence-corrected chi connectivity index (χ2v) is 6.66. The summed E-state index contributed by atoms with van der Waals surface area (Å²) in [5.74, 6) is 2.12. The van der Waals surface area contributed by atoms with Gasteiger partial charge in [0.15, 0.2) is 0 Å². The highest BCUT2D eigenvalue weighted by atomic mass is 16.5. The topological polar surface area (TPSA) is 45.7 Å². The number of amides is 1. The lowest BCUT2D eigenvalue weighted by Gasteiger charge is -2.33. The van der Waals surface area contributed by atoms with Gasteiger partial charge in [-0.05, 0) is 42.7 Å². The monoisotopic (exact) mass is 339 g/mol. The zero-order valence-corrected chi connectivity index (χ0v) is 15.1. The molecule has 0 saturated carbocycles. The first-order chi connectivity index (χ1) is 12.1. The molecule has 1 saturated heterocycles. The van der Waals surface area contributed by atoms with E-state index >= 15 is 0 Å². The van der Waals surface area contributed by atoms with E-state index in [1.165, 1.54) is 5.56 Å². The summed E-state index contributed by atoms with van der Waals surface area (Å²) in [6.07, 6.45) is 3.83. The van der Waals surface area contributed by atoms with E-state index in [1.807, 2.05) is 42.1 Å². The Morgan fingerprint density at radius 1 is 1.24 bits per heavy atom. The van der Waals surface area contributed by atoms with Gasteiger partial charge in [0.2, 0.25) is 0 Å². The maximum absolute atomic E-state index is 12.9. The largest absolute Gasteiger partial charge is 0.497 e. The van der Waals surface area contributed by atoms with Gasteiger partial charge in [0, 0.05) is 44.9 Å². The lowest BCUT2D eigenvalue weighted by atomic mass is 9.90. The Balaban J connectivity index is 1.74. The molecule has 1 aromatic carbocycles. The number of hydrogen-bond donors (Lipinski definition) is 0. The minimum absolute atomic E-state index is 0.0868. The molecule has 1 aliphatic rings. The number of methoxy groups -OCH3 is 1. The van der Waals surface area contributed by atoms with E-state index in [-0.39, 0.29) is 5.91 Å². The summed E-state index contributed by atoms with van der Waals surface area (Å²) in [6, 6.07) is 11.8. The number of aromatic nitrogens is 1. The van der Waals surface area contributed by atoms with Gasteiger partial charge < -0.3 is 14.5 Å². The fraction of sp³-hybridized carbons (Fsp3) is 0.400. The molecule has 1 fully saturated rings. The number of ether oxygens (including phenoxy) is 1. The Labute approximate surface area is 149 Å². The molecule has 0 aliphatic carbocycles. The van der Waals surface area contributed by atoms with Crippen LogP contribution in [0.2, 0.25) is 0 Å². The fourth-order valence-electron chi connectivity index (χ4n) is 3.29. The summed E-state index contributed by atoms with van der Waals surface area (Å²) in [4.78, 5) is 21.1. The molecule has 1 amide bonds. The van der Waals surface area contributed by atoms with Gasteiger partial charge in [-0.25, -0.2) is 4.98 Å². The van der Waals surface area contributed by atoms with Gasteiger partial charge in [0.1, 0.15) is 11.6 Å². The summed E-state index contributed by atoms with van der Waals surface area (Å²) in [7, 11) is 5.53. The molecule has 0 bridgehead atoms. The first-order valence-corrected chi connectivity index (χ1v) is 8.65. The van der Waals surface area contributed by atoms with Crippen LogP contribution in [-0.2, 0) is 0 Å². The van der Waals surface area contributed by atoms with Gasteiger partial charge in [-0.3, -0.25) is 4.79 Å². The molecule has 5 nitrogen and oxygen atoms in total. The molecule has 2 aromatic rings. The molecule has 2 heterocycles. The molecule has 1 atom stereocenters. The van der Waals surface area contributed by atoms with Gasteiger partial charge in [-0.15, -0.1) is 0 Å². The minimum atomic E-state index is 0.0868. The van der Waals surface area contributed by atoms with Crippen molar-refractivity contribution in [1.29, 1.82) is 0 Å². The molecule has 1 aromatic heterocycles. The van der Waals surface area contributed by atoms with Crippen molar-refractivity contribution in [2.24, 2.45) is 0 Å². The van der Waals surface area contributed by atoms with Crippen molar-refractivity contribution in [3.05, 3.63) is 53.7 Å². The SMILES string of the molecule is COc1ccc([C@H]2CCCN(C(=O)c3ccnc(N(C)C)c3)C2)cc1. The Bertz CT molecular complexity index is 728. The highest BCUT2D eigenvalue weighted by molar-refractivity contribution is 5.95. The summed E-state index contributed by atoms with van der Waals surface area (Å²) >= 11 is 0. The van der Waals surface area contributed by atoms with E-state index in [0.29, 0.717) is 11.5 Å². The van der Waals surface area contributed by atoms with Crippen molar-refractivity contribution in [3.63, 3.8) is 0 Å². The fourth-order valence-corrected chi connectivity index (χ4v) is 3.29. The van der Waals surface area contributed by atoms with Crippen LogP contribution in [0.3, 0.4) is 0 Å². The first-order valence-electron chi connectivity index (χ1n) is 8.65. The summed E-state index contributed by atoms with van der Waals surface area (Å²) in [6.45, 7) is 1.57. The van der Waals surface area contributed by atoms with Crippen LogP contribution in [0.5, 0.6) is 5.75 Å². The Morgan fingerprint density at radius 2 is 2.00 bits per heavy atom. The van der Waals surface area contributed by atoms with E-state index in [1.54, 1.807) is 19.4 Å². The molecule has 0 unspecified atom stereocenters. The number of likely N-dealkylation sites (tertiary alicyclic amines) is 1. The molecule has 132 valence electrons. The number of benzene rings is 1. The van der Waals surface area contributed by atoms with Crippen LogP contribution in [0, 0.1) is 0 Å². The molecular formula is C20H25N3O2. The molecule has 25 heavy (non-hydrogen) atoms. The van der Waals surface area contributed by atoms with Crippen LogP contribution in [-0.4, -0.2) is 50.1 Å². The van der Waals surface area contributed by atoms with Crippen LogP contribution in [0.15, 0.2) is 42.6 Å². The Kier molecular flexibility index (Phi) is 5.22. The highest BCUT2D eigenvalue weighted by Crippen LogP contribution is 2.29. The molecular weight excluding hydrogens is 314 g/mol. The smallest absolute Gasteiger partial charge is 0.254 e. The van der Waals surface area contributed by atoms with E-state index in [2.05, 4.69) is 17.1 Å². The number of rotatable bonds is 4. The summed E-state index contributed by atoms with van der Waals surface area (Å²) < 4.78 is 5.23. The van der Waals surface area contributed by atoms with Crippen molar-refractivity contribution in [1.82, 2.24) is 9.88 Å². The quantitative estimate of drug-likeness (QED) is 0.858. The standard InChI is InChI=1S/C20H25N3O2/c1-22(2)19-13-16(10-11-21-19)20(24)23-12-4-5-17(14-23)15-6-8-18(25-3)9-7-15/h6-11,13,17H,4-5,12,14H2,1-3H3/t17-/m0/s1. The third kappa shape index (κ3) is 3.92. The van der Waals surface area contributed by atoms with Gasteiger partial charge in [-0.2, -0.15) is 0 Å². The lowest BCUT2D eigenvalue weighted by molar-refractivity contribution is 0.0707. The lowest BCUT2D eigenvalue weighted by Crippen LogP contribution is -2.39. The molecule has 0 N–H and O–H groups in total. The third-order valence-electron chi connectivity index (χ3n) is 4.75. The second-order valence-electron chi connectivity index (χ2n) is 6.66. The molecule has 5 heteroatoms. The van der Waals surface area contributed by atoms with Gasteiger partial charge >= 0.3 is 0 Å². The van der Waals surface area contributed by atoms with Crippen LogP contribution in [0.25, 0.3) is 0 Å². The number of anilines is 1. The third-order valence-corrected chi connectivity index (χ3v) is 4.75. The number of hydrogen-bond acceptors (Lipinski definition) is 4. The van der Waals surface area contributed by atoms with E-state index < -0.39 is 0 Å². The highest BCUT2D eigenvalue weighted by Gasteiger charge is 2.25. The van der Waals surface area contributed by atoms with Crippen LogP contribution >= 0.6 is 0 Å². The first kappa shape index (κ1) is 17.3. The van der Waals surface area contributed by atoms with Crippen molar-refractivity contribution < 1.29 is 9.53 Å². The number of piperidine rings is 1. The van der Waals surface area contributed by atoms with Crippen LogP contribution in [0.4, 0.5) is 5.82 Å². The number of pyridine rings is 1. The van der Waals surface area contributed by atoms with Crippen LogP contribution in [0.1, 0.15) is 34.7 Å². The predicted molar refractivity (Wildman–Crippen MR) is 99.4 cm³/mol. The Hall–Kier alpha value is -2.56. The minimum Gasteiger partial charge on any atom is -0.497 e. The zero-order chi connectivity index (χ0) is 17.8. The van der Waals surface area contributed by atoms with Crippen molar-refractivity contribution in [2.75, 3.05) is 39.2 Å². The van der Waals surface area contributed by atoms with Crippen molar-refractivity contribution in [3.8, 4) is 5.75 Å². The van der Waals surface area contributed by atoms with Gasteiger partial charge in [-0.1, -0.05) is 12.1 Å². The molecule has 1 aliphatic heterocycles. The van der Waals surface area contributed by atoms with Gasteiger partial charge in [0.05, 0.1) is 7.11 Å². The van der Waals surface area contributed by atoms with Gasteiger partial charge in [0.25, 0.3) is 5.91 Å². The second kappa shape index (κ2) is 7.55. The maximum atomic E-state index is 12.9. The van der Waals surface area contributed by atoms with E-state index in [9.17, 15) is 4.79 Å². The Morgan fingerprint density at radius 3 is 2.68 bits per heavy atom. The number of nitrogens with zero attached hydrogens (tertiary/aromatic N) is 3. The zero-order valence-electron chi connectivity index (χ0n) is 15.1. The van der Waals surface area contributed by atoms with Crippen molar-refractivity contribution in [2.45, 2.75) is 18.8 Å². The van der Waals surface area contributed by atoms with Crippen LogP contribution < -0.4 is 9.64 Å². The average Bonchev–Trinajstić information content (AvgIpc) is 2.67. The molecule has 0 radical (unpaired) electrons. The van der Waals surface area contributed by atoms with E-state index in [4.69, 9.17) is 4.74 Å². The number of carbonyl (C=O) groups is 1. The van der Waals surface area contributed by atoms with Crippen molar-refractivity contribution >= 4 is 11.7 Å². The molecule has 3 rings (SSSR count). The predicted octanol–water partition coefficient (Wildman–Crippen LogP) is 3.18. The summed E-state index contributed by atoms with van der Waals surface area (Å²) in [5, 5.41) is 0.